The van der Waals surface area contributed by atoms with Crippen LogP contribution in [-0.2, 0) is 4.74 Å². The van der Waals surface area contributed by atoms with Crippen molar-refractivity contribution in [2.45, 2.75) is 18.9 Å². The zero-order valence-electron chi connectivity index (χ0n) is 17.5. The summed E-state index contributed by atoms with van der Waals surface area (Å²) in [5.41, 5.74) is 0.750. The van der Waals surface area contributed by atoms with Crippen molar-refractivity contribution in [2.24, 2.45) is 0 Å². The molecule has 0 radical (unpaired) electrons. The van der Waals surface area contributed by atoms with Crippen LogP contribution in [0.2, 0.25) is 0 Å². The van der Waals surface area contributed by atoms with E-state index in [2.05, 4.69) is 4.90 Å². The van der Waals surface area contributed by atoms with Gasteiger partial charge < -0.3 is 19.1 Å². The third-order valence-electron chi connectivity index (χ3n) is 5.26. The molecule has 0 bridgehead atoms. The summed E-state index contributed by atoms with van der Waals surface area (Å²) >= 11 is 0. The van der Waals surface area contributed by atoms with Crippen molar-refractivity contribution in [1.29, 1.82) is 0 Å². The van der Waals surface area contributed by atoms with Gasteiger partial charge in [0.25, 0.3) is 5.56 Å². The van der Waals surface area contributed by atoms with E-state index in [0.29, 0.717) is 18.6 Å². The molecule has 3 aromatic rings. The molecule has 0 N–H and O–H groups in total. The van der Waals surface area contributed by atoms with Crippen molar-refractivity contribution in [3.8, 4) is 17.2 Å². The predicted molar refractivity (Wildman–Crippen MR) is 118 cm³/mol. The highest BCUT2D eigenvalue weighted by atomic mass is 16.5. The molecule has 4 rings (SSSR count). The van der Waals surface area contributed by atoms with Crippen LogP contribution >= 0.6 is 0 Å². The van der Waals surface area contributed by atoms with E-state index < -0.39 is 0 Å². The highest BCUT2D eigenvalue weighted by Gasteiger charge is 2.16. The lowest BCUT2D eigenvalue weighted by Crippen LogP contribution is -2.19. The summed E-state index contributed by atoms with van der Waals surface area (Å²) in [6.07, 6.45) is 4.10. The van der Waals surface area contributed by atoms with Gasteiger partial charge >= 0.3 is 0 Å². The van der Waals surface area contributed by atoms with Gasteiger partial charge in [-0.15, -0.1) is 0 Å². The molecular weight excluding hydrogens is 380 g/mol. The Bertz CT molecular complexity index is 1040. The van der Waals surface area contributed by atoms with Crippen LogP contribution < -0.4 is 15.0 Å². The summed E-state index contributed by atoms with van der Waals surface area (Å²) in [4.78, 5) is 15.1. The highest BCUT2D eigenvalue weighted by molar-refractivity contribution is 5.83. The van der Waals surface area contributed by atoms with Crippen LogP contribution in [0.5, 0.6) is 11.5 Å². The molecule has 6 heteroatoms. The van der Waals surface area contributed by atoms with Gasteiger partial charge in [-0.1, -0.05) is 0 Å². The van der Waals surface area contributed by atoms with E-state index in [1.54, 1.807) is 10.8 Å². The monoisotopic (exact) mass is 408 g/mol. The maximum absolute atomic E-state index is 13.0. The normalized spacial score (nSPS) is 16.3. The first-order valence-corrected chi connectivity index (χ1v) is 10.4. The second-order valence-corrected chi connectivity index (χ2v) is 7.83. The molecule has 1 aliphatic rings. The van der Waals surface area contributed by atoms with E-state index in [1.165, 1.54) is 0 Å². The third-order valence-corrected chi connectivity index (χ3v) is 5.26. The second-order valence-electron chi connectivity index (χ2n) is 7.83. The number of likely N-dealkylation sites (N-methyl/N-ethyl adjacent to an activating group) is 1. The van der Waals surface area contributed by atoms with E-state index in [-0.39, 0.29) is 11.7 Å². The quantitative estimate of drug-likeness (QED) is 0.571. The molecule has 1 aromatic heterocycles. The minimum atomic E-state index is -0.0561. The molecule has 0 spiro atoms. The zero-order chi connectivity index (χ0) is 20.9. The van der Waals surface area contributed by atoms with E-state index in [4.69, 9.17) is 14.2 Å². The first-order chi connectivity index (χ1) is 14.6. The van der Waals surface area contributed by atoms with Gasteiger partial charge in [-0.25, -0.2) is 0 Å². The number of hydrogen-bond acceptors (Lipinski definition) is 5. The van der Waals surface area contributed by atoms with Crippen LogP contribution in [0.4, 0.5) is 0 Å². The number of fused-ring (bicyclic) bond motifs is 1. The molecule has 158 valence electrons. The van der Waals surface area contributed by atoms with Crippen molar-refractivity contribution in [2.75, 3.05) is 40.5 Å². The van der Waals surface area contributed by atoms with Gasteiger partial charge in [0, 0.05) is 30.4 Å². The van der Waals surface area contributed by atoms with Gasteiger partial charge in [0.15, 0.2) is 0 Å². The summed E-state index contributed by atoms with van der Waals surface area (Å²) in [7, 11) is 4.02. The molecular formula is C24H28N2O4. The van der Waals surface area contributed by atoms with Gasteiger partial charge in [0.2, 0.25) is 0 Å². The smallest absolute Gasteiger partial charge is 0.262 e. The largest absolute Gasteiger partial charge is 0.492 e. The maximum atomic E-state index is 13.0. The number of benzene rings is 2. The standard InChI is InChI=1S/C24H28N2O4/c1-25(2)13-15-29-20-7-5-19(6-8-20)26-12-11-18-16-21(9-10-23(18)24(26)27)30-17-22-4-3-14-28-22/h5-12,16,22H,3-4,13-15,17H2,1-2H3/t22-/m0/s1. The number of ether oxygens (including phenoxy) is 3. The fourth-order valence-electron chi connectivity index (χ4n) is 3.53. The molecule has 0 saturated carbocycles. The van der Waals surface area contributed by atoms with Gasteiger partial charge in [0.1, 0.15) is 24.7 Å². The lowest BCUT2D eigenvalue weighted by Gasteiger charge is -2.13. The fraction of sp³-hybridized carbons (Fsp3) is 0.375. The fourth-order valence-corrected chi connectivity index (χ4v) is 3.53. The van der Waals surface area contributed by atoms with Gasteiger partial charge in [-0.3, -0.25) is 9.36 Å². The molecule has 1 saturated heterocycles. The number of nitrogens with zero attached hydrogens (tertiary/aromatic N) is 2. The van der Waals surface area contributed by atoms with Crippen molar-refractivity contribution in [1.82, 2.24) is 9.47 Å². The summed E-state index contributed by atoms with van der Waals surface area (Å²) in [6.45, 7) is 2.84. The molecule has 1 fully saturated rings. The number of aromatic nitrogens is 1. The Labute approximate surface area is 176 Å². The Morgan fingerprint density at radius 3 is 2.60 bits per heavy atom. The Kier molecular flexibility index (Phi) is 6.35. The van der Waals surface area contributed by atoms with Crippen LogP contribution in [0.15, 0.2) is 59.5 Å². The molecule has 0 aliphatic carbocycles. The van der Waals surface area contributed by atoms with Crippen molar-refractivity contribution < 1.29 is 14.2 Å². The Balaban J connectivity index is 1.48. The van der Waals surface area contributed by atoms with Crippen molar-refractivity contribution in [3.63, 3.8) is 0 Å². The first kappa shape index (κ1) is 20.4. The molecule has 6 nitrogen and oxygen atoms in total. The maximum Gasteiger partial charge on any atom is 0.262 e. The number of hydrogen-bond donors (Lipinski definition) is 0. The van der Waals surface area contributed by atoms with Gasteiger partial charge in [-0.2, -0.15) is 0 Å². The molecule has 0 unspecified atom stereocenters. The topological polar surface area (TPSA) is 52.9 Å². The van der Waals surface area contributed by atoms with Crippen LogP contribution in [0, 0.1) is 0 Å². The van der Waals surface area contributed by atoms with Gasteiger partial charge in [0.05, 0.1) is 6.10 Å². The lowest BCUT2D eigenvalue weighted by molar-refractivity contribution is 0.0680. The SMILES string of the molecule is CN(C)CCOc1ccc(-n2ccc3cc(OC[C@@H]4CCCO4)ccc3c2=O)cc1. The van der Waals surface area contributed by atoms with E-state index >= 15 is 0 Å². The molecule has 30 heavy (non-hydrogen) atoms. The Morgan fingerprint density at radius 2 is 1.87 bits per heavy atom. The minimum absolute atomic E-state index is 0.0561. The Morgan fingerprint density at radius 1 is 1.07 bits per heavy atom. The predicted octanol–water partition coefficient (Wildman–Crippen LogP) is 3.49. The second kappa shape index (κ2) is 9.32. The number of pyridine rings is 1. The molecule has 0 amide bonds. The molecule has 1 atom stereocenters. The van der Waals surface area contributed by atoms with E-state index in [1.807, 2.05) is 62.6 Å². The lowest BCUT2D eigenvalue weighted by atomic mass is 10.1. The minimum Gasteiger partial charge on any atom is -0.492 e. The summed E-state index contributed by atoms with van der Waals surface area (Å²) < 4.78 is 18.8. The van der Waals surface area contributed by atoms with E-state index in [9.17, 15) is 4.79 Å². The van der Waals surface area contributed by atoms with Crippen molar-refractivity contribution in [3.05, 3.63) is 65.1 Å². The van der Waals surface area contributed by atoms with Crippen LogP contribution in [0.25, 0.3) is 16.5 Å². The van der Waals surface area contributed by atoms with E-state index in [0.717, 1.165) is 48.6 Å². The summed E-state index contributed by atoms with van der Waals surface area (Å²) in [5, 5.41) is 1.53. The third kappa shape index (κ3) is 4.83. The Hall–Kier alpha value is -2.83. The molecule has 1 aliphatic heterocycles. The van der Waals surface area contributed by atoms with Gasteiger partial charge in [-0.05, 0) is 80.9 Å². The zero-order valence-corrected chi connectivity index (χ0v) is 17.5. The van der Waals surface area contributed by atoms with Crippen molar-refractivity contribution >= 4 is 10.8 Å². The average molecular weight is 408 g/mol. The molecule has 2 heterocycles. The molecule has 2 aromatic carbocycles. The summed E-state index contributed by atoms with van der Waals surface area (Å²) in [6, 6.07) is 15.1. The first-order valence-electron chi connectivity index (χ1n) is 10.4. The average Bonchev–Trinajstić information content (AvgIpc) is 3.27. The van der Waals surface area contributed by atoms with Crippen LogP contribution in [0.3, 0.4) is 0 Å². The van der Waals surface area contributed by atoms with Crippen LogP contribution in [-0.4, -0.2) is 56.0 Å². The van der Waals surface area contributed by atoms with Crippen LogP contribution in [0.1, 0.15) is 12.8 Å². The highest BCUT2D eigenvalue weighted by Crippen LogP contribution is 2.21. The summed E-state index contributed by atoms with van der Waals surface area (Å²) in [5.74, 6) is 1.55. The number of rotatable bonds is 8.